The molecule has 6 heteroatoms. The molecule has 138 valence electrons. The first-order valence-electron chi connectivity index (χ1n) is 9.27. The van der Waals surface area contributed by atoms with Crippen molar-refractivity contribution < 1.29 is 9.53 Å². The Morgan fingerprint density at radius 2 is 2.15 bits per heavy atom. The van der Waals surface area contributed by atoms with Gasteiger partial charge in [-0.3, -0.25) is 4.79 Å². The number of nitrogens with zero attached hydrogens (tertiary/aromatic N) is 2. The molecule has 2 aliphatic rings. The number of thiazole rings is 1. The number of carbonyl (C=O) groups is 1. The number of fused-ring (bicyclic) bond motifs is 2. The van der Waals surface area contributed by atoms with E-state index in [1.54, 1.807) is 17.4 Å². The summed E-state index contributed by atoms with van der Waals surface area (Å²) in [4.78, 5) is 19.8. The van der Waals surface area contributed by atoms with Gasteiger partial charge in [-0.25, -0.2) is 4.98 Å². The minimum atomic E-state index is -0.437. The number of rotatable bonds is 2. The van der Waals surface area contributed by atoms with Crippen molar-refractivity contribution in [2.45, 2.75) is 31.3 Å². The van der Waals surface area contributed by atoms with Crippen molar-refractivity contribution in [3.05, 3.63) is 58.1 Å². The SMILES string of the molecule is O=C([C@H]1Cc2cc(Cl)ccc2O1)N1CCC[C@H](c2nc3ccccc3s2)C1. The highest BCUT2D eigenvalue weighted by Gasteiger charge is 2.35. The molecule has 3 heterocycles. The quantitative estimate of drug-likeness (QED) is 0.630. The van der Waals surface area contributed by atoms with Crippen molar-refractivity contribution >= 4 is 39.1 Å². The maximum atomic E-state index is 13.1. The van der Waals surface area contributed by atoms with Crippen molar-refractivity contribution in [3.8, 4) is 5.75 Å². The van der Waals surface area contributed by atoms with Crippen LogP contribution in [0.25, 0.3) is 10.2 Å². The Hall–Kier alpha value is -2.11. The van der Waals surface area contributed by atoms with E-state index in [2.05, 4.69) is 12.1 Å². The molecule has 2 atom stereocenters. The van der Waals surface area contributed by atoms with Gasteiger partial charge in [0.05, 0.1) is 15.2 Å². The van der Waals surface area contributed by atoms with Gasteiger partial charge in [0.25, 0.3) is 5.91 Å². The number of para-hydroxylation sites is 1. The normalized spacial score (nSPS) is 21.9. The highest BCUT2D eigenvalue weighted by atomic mass is 35.5. The molecule has 0 bridgehead atoms. The monoisotopic (exact) mass is 398 g/mol. The topological polar surface area (TPSA) is 42.4 Å². The zero-order valence-electron chi connectivity index (χ0n) is 14.7. The molecule has 0 spiro atoms. The van der Waals surface area contributed by atoms with Gasteiger partial charge in [-0.1, -0.05) is 23.7 Å². The highest BCUT2D eigenvalue weighted by Crippen LogP contribution is 2.35. The second kappa shape index (κ2) is 6.80. The number of halogens is 1. The number of carbonyl (C=O) groups excluding carboxylic acids is 1. The Bertz CT molecular complexity index is 985. The van der Waals surface area contributed by atoms with E-state index in [-0.39, 0.29) is 5.91 Å². The van der Waals surface area contributed by atoms with Gasteiger partial charge in [0.15, 0.2) is 6.10 Å². The fourth-order valence-electron chi connectivity index (χ4n) is 4.00. The van der Waals surface area contributed by atoms with Crippen LogP contribution in [-0.2, 0) is 11.2 Å². The van der Waals surface area contributed by atoms with Crippen molar-refractivity contribution in [2.75, 3.05) is 13.1 Å². The van der Waals surface area contributed by atoms with Gasteiger partial charge in [-0.2, -0.15) is 0 Å². The van der Waals surface area contributed by atoms with E-state index in [1.165, 1.54) is 4.70 Å². The number of hydrogen-bond acceptors (Lipinski definition) is 4. The average molecular weight is 399 g/mol. The van der Waals surface area contributed by atoms with Crippen molar-refractivity contribution in [3.63, 3.8) is 0 Å². The number of hydrogen-bond donors (Lipinski definition) is 0. The van der Waals surface area contributed by atoms with Crippen LogP contribution in [0.5, 0.6) is 5.75 Å². The molecule has 1 saturated heterocycles. The molecule has 0 radical (unpaired) electrons. The lowest BCUT2D eigenvalue weighted by Crippen LogP contribution is -2.45. The van der Waals surface area contributed by atoms with Crippen LogP contribution in [0.3, 0.4) is 0 Å². The van der Waals surface area contributed by atoms with E-state index >= 15 is 0 Å². The molecule has 1 amide bonds. The van der Waals surface area contributed by atoms with Crippen LogP contribution in [0.1, 0.15) is 29.3 Å². The van der Waals surface area contributed by atoms with Gasteiger partial charge in [0, 0.05) is 30.5 Å². The summed E-state index contributed by atoms with van der Waals surface area (Å²) in [6, 6.07) is 13.8. The molecule has 2 aromatic carbocycles. The number of amides is 1. The summed E-state index contributed by atoms with van der Waals surface area (Å²) in [5.41, 5.74) is 2.06. The number of benzene rings is 2. The summed E-state index contributed by atoms with van der Waals surface area (Å²) in [7, 11) is 0. The molecular formula is C21H19ClN2O2S. The number of piperidine rings is 1. The lowest BCUT2D eigenvalue weighted by Gasteiger charge is -2.33. The molecule has 5 rings (SSSR count). The third-order valence-corrected chi connectivity index (χ3v) is 6.80. The molecule has 27 heavy (non-hydrogen) atoms. The smallest absolute Gasteiger partial charge is 0.264 e. The largest absolute Gasteiger partial charge is 0.480 e. The molecule has 4 nitrogen and oxygen atoms in total. The predicted molar refractivity (Wildman–Crippen MR) is 108 cm³/mol. The Kier molecular flexibility index (Phi) is 4.29. The summed E-state index contributed by atoms with van der Waals surface area (Å²) in [6.45, 7) is 1.51. The van der Waals surface area contributed by atoms with E-state index in [0.29, 0.717) is 17.4 Å². The average Bonchev–Trinajstić information content (AvgIpc) is 3.31. The molecule has 0 saturated carbocycles. The fourth-order valence-corrected chi connectivity index (χ4v) is 5.29. The van der Waals surface area contributed by atoms with E-state index in [0.717, 1.165) is 47.8 Å². The molecule has 2 aliphatic heterocycles. The molecular weight excluding hydrogens is 380 g/mol. The minimum Gasteiger partial charge on any atom is -0.480 e. The third kappa shape index (κ3) is 3.19. The van der Waals surface area contributed by atoms with Gasteiger partial charge in [0.2, 0.25) is 0 Å². The molecule has 1 fully saturated rings. The van der Waals surface area contributed by atoms with Crippen LogP contribution in [-0.4, -0.2) is 35.0 Å². The Labute approximate surface area is 166 Å². The third-order valence-electron chi connectivity index (χ3n) is 5.37. The number of likely N-dealkylation sites (tertiary alicyclic amines) is 1. The Morgan fingerprint density at radius 1 is 1.26 bits per heavy atom. The fraction of sp³-hybridized carbons (Fsp3) is 0.333. The lowest BCUT2D eigenvalue weighted by molar-refractivity contribution is -0.139. The summed E-state index contributed by atoms with van der Waals surface area (Å²) in [5, 5.41) is 1.82. The maximum absolute atomic E-state index is 13.1. The molecule has 0 N–H and O–H groups in total. The summed E-state index contributed by atoms with van der Waals surface area (Å²) < 4.78 is 7.11. The summed E-state index contributed by atoms with van der Waals surface area (Å²) in [5.74, 6) is 1.16. The van der Waals surface area contributed by atoms with Gasteiger partial charge in [-0.05, 0) is 48.7 Å². The first-order chi connectivity index (χ1) is 13.2. The van der Waals surface area contributed by atoms with Gasteiger partial charge >= 0.3 is 0 Å². The van der Waals surface area contributed by atoms with Crippen LogP contribution >= 0.6 is 22.9 Å². The predicted octanol–water partition coefficient (Wildman–Crippen LogP) is 4.66. The zero-order valence-corrected chi connectivity index (χ0v) is 16.3. The Balaban J connectivity index is 1.31. The lowest BCUT2D eigenvalue weighted by atomic mass is 9.98. The second-order valence-corrected chi connectivity index (χ2v) is 8.70. The van der Waals surface area contributed by atoms with Gasteiger partial charge in [-0.15, -0.1) is 11.3 Å². The van der Waals surface area contributed by atoms with Crippen LogP contribution < -0.4 is 4.74 Å². The van der Waals surface area contributed by atoms with E-state index in [4.69, 9.17) is 21.3 Å². The Morgan fingerprint density at radius 3 is 3.04 bits per heavy atom. The summed E-state index contributed by atoms with van der Waals surface area (Å²) >= 11 is 7.81. The highest BCUT2D eigenvalue weighted by molar-refractivity contribution is 7.18. The molecule has 1 aromatic heterocycles. The van der Waals surface area contributed by atoms with E-state index in [9.17, 15) is 4.79 Å². The number of aromatic nitrogens is 1. The maximum Gasteiger partial charge on any atom is 0.264 e. The number of ether oxygens (including phenoxy) is 1. The summed E-state index contributed by atoms with van der Waals surface area (Å²) in [6.07, 6.45) is 2.23. The van der Waals surface area contributed by atoms with E-state index in [1.807, 2.05) is 29.2 Å². The van der Waals surface area contributed by atoms with Gasteiger partial charge < -0.3 is 9.64 Å². The second-order valence-electron chi connectivity index (χ2n) is 7.21. The van der Waals surface area contributed by atoms with Crippen LogP contribution in [0.4, 0.5) is 0 Å². The van der Waals surface area contributed by atoms with E-state index < -0.39 is 6.10 Å². The minimum absolute atomic E-state index is 0.0770. The standard InChI is InChI=1S/C21H19ClN2O2S/c22-15-7-8-17-14(10-15)11-18(26-17)21(25)24-9-3-4-13(12-24)20-23-16-5-1-2-6-19(16)27-20/h1-2,5-8,10,13,18H,3-4,9,11-12H2/t13-,18+/m0/s1. The van der Waals surface area contributed by atoms with Crippen molar-refractivity contribution in [2.24, 2.45) is 0 Å². The van der Waals surface area contributed by atoms with Crippen molar-refractivity contribution in [1.29, 1.82) is 0 Å². The molecule has 0 unspecified atom stereocenters. The van der Waals surface area contributed by atoms with Crippen LogP contribution in [0.2, 0.25) is 5.02 Å². The molecule has 0 aliphatic carbocycles. The first kappa shape index (κ1) is 17.0. The van der Waals surface area contributed by atoms with Gasteiger partial charge in [0.1, 0.15) is 5.75 Å². The zero-order chi connectivity index (χ0) is 18.4. The van der Waals surface area contributed by atoms with Crippen LogP contribution in [0, 0.1) is 0 Å². The van der Waals surface area contributed by atoms with Crippen molar-refractivity contribution in [1.82, 2.24) is 9.88 Å². The van der Waals surface area contributed by atoms with Crippen LogP contribution in [0.15, 0.2) is 42.5 Å². The first-order valence-corrected chi connectivity index (χ1v) is 10.5. The molecule has 3 aromatic rings.